The number of aryl methyl sites for hydroxylation is 1. The highest BCUT2D eigenvalue weighted by Gasteiger charge is 2.16. The van der Waals surface area contributed by atoms with Gasteiger partial charge in [-0.2, -0.15) is 4.98 Å². The summed E-state index contributed by atoms with van der Waals surface area (Å²) in [6, 6.07) is 1.67. The first-order chi connectivity index (χ1) is 7.24. The van der Waals surface area contributed by atoms with E-state index in [1.165, 1.54) is 19.3 Å². The van der Waals surface area contributed by atoms with Crippen molar-refractivity contribution in [2.45, 2.75) is 32.6 Å². The zero-order valence-corrected chi connectivity index (χ0v) is 9.07. The number of nitrogens with two attached hydrogens (primary N) is 1. The summed E-state index contributed by atoms with van der Waals surface area (Å²) in [5.41, 5.74) is 5.60. The van der Waals surface area contributed by atoms with Crippen molar-refractivity contribution >= 4 is 5.82 Å². The Morgan fingerprint density at radius 3 is 2.87 bits per heavy atom. The number of ether oxygens (including phenoxy) is 1. The number of nitrogens with zero attached hydrogens (tertiary/aromatic N) is 2. The van der Waals surface area contributed by atoms with Crippen molar-refractivity contribution in [1.82, 2.24) is 9.97 Å². The summed E-state index contributed by atoms with van der Waals surface area (Å²) in [7, 11) is 0. The second-order valence-corrected chi connectivity index (χ2v) is 4.11. The first-order valence-corrected chi connectivity index (χ1v) is 5.48. The lowest BCUT2D eigenvalue weighted by Gasteiger charge is -2.24. The van der Waals surface area contributed by atoms with Gasteiger partial charge in [0.2, 0.25) is 5.88 Å². The molecule has 2 rings (SSSR count). The topological polar surface area (TPSA) is 61.0 Å². The van der Waals surface area contributed by atoms with Crippen LogP contribution in [0.15, 0.2) is 6.07 Å². The highest BCUT2D eigenvalue weighted by Crippen LogP contribution is 2.29. The zero-order valence-electron chi connectivity index (χ0n) is 9.07. The van der Waals surface area contributed by atoms with Crippen molar-refractivity contribution in [3.63, 3.8) is 0 Å². The normalized spacial score (nSPS) is 16.1. The molecule has 82 valence electrons. The summed E-state index contributed by atoms with van der Waals surface area (Å²) in [5, 5.41) is 0. The standard InChI is InChI=1S/C11H17N3O/c1-8-13-10(12)7-11(14-8)15-6-5-9-3-2-4-9/h7,9H,2-6H2,1H3,(H2,12,13,14). The van der Waals surface area contributed by atoms with Gasteiger partial charge in [0.25, 0.3) is 0 Å². The van der Waals surface area contributed by atoms with Crippen LogP contribution in [-0.2, 0) is 0 Å². The maximum atomic E-state index is 5.60. The number of hydrogen-bond donors (Lipinski definition) is 1. The average molecular weight is 207 g/mol. The van der Waals surface area contributed by atoms with Gasteiger partial charge >= 0.3 is 0 Å². The Morgan fingerprint density at radius 2 is 2.27 bits per heavy atom. The minimum atomic E-state index is 0.473. The van der Waals surface area contributed by atoms with Gasteiger partial charge in [0, 0.05) is 6.07 Å². The van der Waals surface area contributed by atoms with Gasteiger partial charge in [-0.3, -0.25) is 0 Å². The SMILES string of the molecule is Cc1nc(N)cc(OCCC2CCC2)n1. The Labute approximate surface area is 89.9 Å². The predicted molar refractivity (Wildman–Crippen MR) is 58.6 cm³/mol. The number of rotatable bonds is 4. The first-order valence-electron chi connectivity index (χ1n) is 5.48. The van der Waals surface area contributed by atoms with Crippen LogP contribution in [-0.4, -0.2) is 16.6 Å². The molecule has 0 bridgehead atoms. The van der Waals surface area contributed by atoms with Crippen LogP contribution in [0.4, 0.5) is 5.82 Å². The lowest BCUT2D eigenvalue weighted by molar-refractivity contribution is 0.217. The molecule has 1 aliphatic rings. The van der Waals surface area contributed by atoms with Crippen LogP contribution < -0.4 is 10.5 Å². The maximum absolute atomic E-state index is 5.60. The molecule has 1 aromatic rings. The van der Waals surface area contributed by atoms with E-state index in [2.05, 4.69) is 9.97 Å². The summed E-state index contributed by atoms with van der Waals surface area (Å²) in [6.45, 7) is 2.55. The Kier molecular flexibility index (Phi) is 3.04. The molecule has 0 saturated heterocycles. The molecule has 1 fully saturated rings. The molecule has 0 radical (unpaired) electrons. The van der Waals surface area contributed by atoms with Gasteiger partial charge in [-0.1, -0.05) is 19.3 Å². The highest BCUT2D eigenvalue weighted by atomic mass is 16.5. The highest BCUT2D eigenvalue weighted by molar-refractivity contribution is 5.32. The molecule has 1 aliphatic carbocycles. The monoisotopic (exact) mass is 207 g/mol. The lowest BCUT2D eigenvalue weighted by Crippen LogP contribution is -2.15. The number of hydrogen-bond acceptors (Lipinski definition) is 4. The van der Waals surface area contributed by atoms with E-state index in [1.807, 2.05) is 6.92 Å². The van der Waals surface area contributed by atoms with Gasteiger partial charge in [-0.05, 0) is 19.3 Å². The van der Waals surface area contributed by atoms with Crippen LogP contribution in [0.5, 0.6) is 5.88 Å². The van der Waals surface area contributed by atoms with Crippen molar-refractivity contribution in [3.8, 4) is 5.88 Å². The van der Waals surface area contributed by atoms with E-state index < -0.39 is 0 Å². The molecule has 1 aromatic heterocycles. The number of aromatic nitrogens is 2. The smallest absolute Gasteiger partial charge is 0.218 e. The fourth-order valence-corrected chi connectivity index (χ4v) is 1.75. The van der Waals surface area contributed by atoms with E-state index >= 15 is 0 Å². The first kappa shape index (κ1) is 10.2. The van der Waals surface area contributed by atoms with Gasteiger partial charge in [0.1, 0.15) is 11.6 Å². The molecule has 1 saturated carbocycles. The molecule has 4 heteroatoms. The maximum Gasteiger partial charge on any atom is 0.218 e. The quantitative estimate of drug-likeness (QED) is 0.819. The van der Waals surface area contributed by atoms with Crippen LogP contribution in [0, 0.1) is 12.8 Å². The predicted octanol–water partition coefficient (Wildman–Crippen LogP) is 1.94. The van der Waals surface area contributed by atoms with Gasteiger partial charge in [-0.15, -0.1) is 0 Å². The third kappa shape index (κ3) is 2.81. The molecule has 0 atom stereocenters. The van der Waals surface area contributed by atoms with Crippen molar-refractivity contribution in [3.05, 3.63) is 11.9 Å². The molecule has 2 N–H and O–H groups in total. The summed E-state index contributed by atoms with van der Waals surface area (Å²) < 4.78 is 5.54. The van der Waals surface area contributed by atoms with E-state index in [1.54, 1.807) is 6.07 Å². The van der Waals surface area contributed by atoms with Crippen molar-refractivity contribution in [2.24, 2.45) is 5.92 Å². The van der Waals surface area contributed by atoms with Crippen LogP contribution in [0.2, 0.25) is 0 Å². The molecule has 15 heavy (non-hydrogen) atoms. The zero-order chi connectivity index (χ0) is 10.7. The molecule has 0 aliphatic heterocycles. The number of nitrogen functional groups attached to an aromatic ring is 1. The van der Waals surface area contributed by atoms with Crippen molar-refractivity contribution < 1.29 is 4.74 Å². The fraction of sp³-hybridized carbons (Fsp3) is 0.636. The number of anilines is 1. The van der Waals surface area contributed by atoms with Crippen molar-refractivity contribution in [2.75, 3.05) is 12.3 Å². The van der Waals surface area contributed by atoms with E-state index in [0.717, 1.165) is 18.9 Å². The third-order valence-corrected chi connectivity index (χ3v) is 2.84. The largest absolute Gasteiger partial charge is 0.478 e. The summed E-state index contributed by atoms with van der Waals surface area (Å²) in [4.78, 5) is 8.15. The van der Waals surface area contributed by atoms with Crippen LogP contribution >= 0.6 is 0 Å². The molecular formula is C11H17N3O. The third-order valence-electron chi connectivity index (χ3n) is 2.84. The van der Waals surface area contributed by atoms with Gasteiger partial charge < -0.3 is 10.5 Å². The van der Waals surface area contributed by atoms with Crippen LogP contribution in [0.25, 0.3) is 0 Å². The molecule has 0 spiro atoms. The Bertz CT molecular complexity index is 316. The minimum absolute atomic E-state index is 0.473. The van der Waals surface area contributed by atoms with Gasteiger partial charge in [-0.25, -0.2) is 4.98 Å². The summed E-state index contributed by atoms with van der Waals surface area (Å²) in [6.07, 6.45) is 5.22. The minimum Gasteiger partial charge on any atom is -0.478 e. The molecule has 0 unspecified atom stereocenters. The summed E-state index contributed by atoms with van der Waals surface area (Å²) >= 11 is 0. The average Bonchev–Trinajstić information content (AvgIpc) is 2.07. The van der Waals surface area contributed by atoms with Crippen molar-refractivity contribution in [1.29, 1.82) is 0 Å². The molecule has 0 amide bonds. The van der Waals surface area contributed by atoms with Crippen LogP contribution in [0.3, 0.4) is 0 Å². The lowest BCUT2D eigenvalue weighted by atomic mass is 9.83. The van der Waals surface area contributed by atoms with E-state index in [9.17, 15) is 0 Å². The Balaban J connectivity index is 1.81. The molecular weight excluding hydrogens is 190 g/mol. The fourth-order valence-electron chi connectivity index (χ4n) is 1.75. The molecule has 1 heterocycles. The van der Waals surface area contributed by atoms with E-state index in [-0.39, 0.29) is 0 Å². The second-order valence-electron chi connectivity index (χ2n) is 4.11. The Morgan fingerprint density at radius 1 is 1.47 bits per heavy atom. The van der Waals surface area contributed by atoms with E-state index in [4.69, 9.17) is 10.5 Å². The summed E-state index contributed by atoms with van der Waals surface area (Å²) in [5.74, 6) is 2.60. The molecule has 4 nitrogen and oxygen atoms in total. The van der Waals surface area contributed by atoms with Gasteiger partial charge in [0.15, 0.2) is 0 Å². The Hall–Kier alpha value is -1.32. The van der Waals surface area contributed by atoms with Gasteiger partial charge in [0.05, 0.1) is 6.61 Å². The van der Waals surface area contributed by atoms with E-state index in [0.29, 0.717) is 17.5 Å². The van der Waals surface area contributed by atoms with Crippen LogP contribution in [0.1, 0.15) is 31.5 Å². The molecule has 0 aromatic carbocycles. The second kappa shape index (κ2) is 4.47.